The van der Waals surface area contributed by atoms with Gasteiger partial charge in [-0.15, -0.1) is 0 Å². The molecule has 1 aromatic carbocycles. The fourth-order valence-corrected chi connectivity index (χ4v) is 3.75. The zero-order chi connectivity index (χ0) is 15.2. The van der Waals surface area contributed by atoms with Crippen molar-refractivity contribution in [3.8, 4) is 0 Å². The number of aliphatic carboxylic acids is 1. The Morgan fingerprint density at radius 1 is 1.45 bits per heavy atom. The largest absolute Gasteiger partial charge is 0.481 e. The number of hydrogen-bond acceptors (Lipinski definition) is 6. The van der Waals surface area contributed by atoms with Gasteiger partial charge in [-0.05, 0) is 28.4 Å². The third-order valence-corrected chi connectivity index (χ3v) is 4.97. The van der Waals surface area contributed by atoms with Crippen LogP contribution in [0.25, 0.3) is 11.0 Å². The number of hydrogen-bond donors (Lipinski definition) is 1. The third kappa shape index (κ3) is 2.00. The smallest absolute Gasteiger partial charge is 0.311 e. The van der Waals surface area contributed by atoms with Crippen molar-refractivity contribution in [3.05, 3.63) is 23.8 Å². The zero-order valence-electron chi connectivity index (χ0n) is 12.1. The zero-order valence-corrected chi connectivity index (χ0v) is 12.1. The number of nitrogens with zero attached hydrogens (tertiary/aromatic N) is 3. The summed E-state index contributed by atoms with van der Waals surface area (Å²) in [6, 6.07) is 5.76. The van der Waals surface area contributed by atoms with Gasteiger partial charge in [0.15, 0.2) is 0 Å². The molecule has 0 bridgehead atoms. The van der Waals surface area contributed by atoms with E-state index in [1.54, 1.807) is 0 Å². The summed E-state index contributed by atoms with van der Waals surface area (Å²) in [4.78, 5) is 14.0. The number of aromatic nitrogens is 2. The van der Waals surface area contributed by atoms with Gasteiger partial charge in [0, 0.05) is 32.2 Å². The predicted octanol–water partition coefficient (Wildman–Crippen LogP) is 1.15. The summed E-state index contributed by atoms with van der Waals surface area (Å²) in [7, 11) is 0. The van der Waals surface area contributed by atoms with Crippen molar-refractivity contribution in [1.82, 2.24) is 15.2 Å². The van der Waals surface area contributed by atoms with Gasteiger partial charge in [-0.3, -0.25) is 9.69 Å². The third-order valence-electron chi connectivity index (χ3n) is 4.97. The average Bonchev–Trinajstić information content (AvgIpc) is 3.11. The van der Waals surface area contributed by atoms with E-state index in [1.165, 1.54) is 0 Å². The molecule has 1 N–H and O–H groups in total. The van der Waals surface area contributed by atoms with Crippen LogP contribution < -0.4 is 0 Å². The van der Waals surface area contributed by atoms with Gasteiger partial charge < -0.3 is 9.84 Å². The van der Waals surface area contributed by atoms with E-state index in [0.717, 1.165) is 23.1 Å². The SMILES string of the molecule is O=C(O)[C@]12CCOC[C@H]1CN(Cc1cccc3nonc13)C2. The highest BCUT2D eigenvalue weighted by Crippen LogP contribution is 2.43. The van der Waals surface area contributed by atoms with Crippen molar-refractivity contribution in [2.45, 2.75) is 13.0 Å². The fraction of sp³-hybridized carbons (Fsp3) is 0.533. The molecule has 4 rings (SSSR count). The van der Waals surface area contributed by atoms with Crippen molar-refractivity contribution in [2.75, 3.05) is 26.3 Å². The van der Waals surface area contributed by atoms with Crippen LogP contribution in [0, 0.1) is 11.3 Å². The first kappa shape index (κ1) is 13.7. The summed E-state index contributed by atoms with van der Waals surface area (Å²) in [5, 5.41) is 17.5. The van der Waals surface area contributed by atoms with Crippen LogP contribution in [-0.4, -0.2) is 52.6 Å². The first-order chi connectivity index (χ1) is 10.7. The number of carbonyl (C=O) groups is 1. The van der Waals surface area contributed by atoms with Crippen LogP contribution in [0.1, 0.15) is 12.0 Å². The van der Waals surface area contributed by atoms with Crippen LogP contribution in [0.15, 0.2) is 22.8 Å². The van der Waals surface area contributed by atoms with Crippen LogP contribution in [0.2, 0.25) is 0 Å². The van der Waals surface area contributed by atoms with Crippen molar-refractivity contribution in [3.63, 3.8) is 0 Å². The minimum Gasteiger partial charge on any atom is -0.481 e. The number of fused-ring (bicyclic) bond motifs is 2. The Morgan fingerprint density at radius 2 is 2.36 bits per heavy atom. The first-order valence-corrected chi connectivity index (χ1v) is 7.43. The molecule has 3 heterocycles. The van der Waals surface area contributed by atoms with Crippen molar-refractivity contribution >= 4 is 17.0 Å². The van der Waals surface area contributed by atoms with E-state index in [9.17, 15) is 9.90 Å². The molecular formula is C15H17N3O4. The second kappa shape index (κ2) is 5.03. The summed E-state index contributed by atoms with van der Waals surface area (Å²) in [5.74, 6) is -0.655. The van der Waals surface area contributed by atoms with Crippen molar-refractivity contribution in [2.24, 2.45) is 11.3 Å². The average molecular weight is 303 g/mol. The molecule has 2 fully saturated rings. The lowest BCUT2D eigenvalue weighted by atomic mass is 9.74. The normalized spacial score (nSPS) is 28.8. The summed E-state index contributed by atoms with van der Waals surface area (Å²) in [5.41, 5.74) is 1.82. The molecule has 22 heavy (non-hydrogen) atoms. The lowest BCUT2D eigenvalue weighted by molar-refractivity contribution is -0.157. The molecule has 7 heteroatoms. The molecule has 0 amide bonds. The Balaban J connectivity index is 1.60. The maximum atomic E-state index is 11.8. The Kier molecular flexibility index (Phi) is 3.12. The summed E-state index contributed by atoms with van der Waals surface area (Å²) in [6.45, 7) is 2.99. The van der Waals surface area contributed by atoms with Gasteiger partial charge in [-0.2, -0.15) is 0 Å². The molecule has 2 saturated heterocycles. The van der Waals surface area contributed by atoms with Crippen LogP contribution in [0.3, 0.4) is 0 Å². The number of rotatable bonds is 3. The standard InChI is InChI=1S/C15H17N3O4/c19-14(20)15-4-5-21-8-11(15)7-18(9-15)6-10-2-1-3-12-13(10)17-22-16-12/h1-3,11H,4-9H2,(H,19,20)/t11-,15+/m1/s1. The minimum absolute atomic E-state index is 0.0494. The highest BCUT2D eigenvalue weighted by atomic mass is 16.6. The Hall–Kier alpha value is -1.99. The molecule has 1 aromatic heterocycles. The molecule has 2 aromatic rings. The fourth-order valence-electron chi connectivity index (χ4n) is 3.75. The van der Waals surface area contributed by atoms with Gasteiger partial charge >= 0.3 is 5.97 Å². The summed E-state index contributed by atoms with van der Waals surface area (Å²) >= 11 is 0. The van der Waals surface area contributed by atoms with E-state index in [-0.39, 0.29) is 5.92 Å². The quantitative estimate of drug-likeness (QED) is 0.909. The lowest BCUT2D eigenvalue weighted by Crippen LogP contribution is -2.44. The van der Waals surface area contributed by atoms with Gasteiger partial charge in [-0.1, -0.05) is 12.1 Å². The minimum atomic E-state index is -0.704. The van der Waals surface area contributed by atoms with Crippen molar-refractivity contribution < 1.29 is 19.3 Å². The summed E-state index contributed by atoms with van der Waals surface area (Å²) in [6.07, 6.45) is 0.583. The molecule has 2 aliphatic rings. The molecule has 0 spiro atoms. The molecule has 7 nitrogen and oxygen atoms in total. The maximum absolute atomic E-state index is 11.8. The molecule has 0 radical (unpaired) electrons. The Morgan fingerprint density at radius 3 is 3.18 bits per heavy atom. The topological polar surface area (TPSA) is 88.7 Å². The lowest BCUT2D eigenvalue weighted by Gasteiger charge is -2.34. The van der Waals surface area contributed by atoms with Gasteiger partial charge in [0.05, 0.1) is 12.0 Å². The van der Waals surface area contributed by atoms with Gasteiger partial charge in [0.1, 0.15) is 11.0 Å². The molecule has 0 saturated carbocycles. The summed E-state index contributed by atoms with van der Waals surface area (Å²) < 4.78 is 10.3. The molecule has 2 atom stereocenters. The monoisotopic (exact) mass is 303 g/mol. The van der Waals surface area contributed by atoms with Crippen LogP contribution in [0.4, 0.5) is 0 Å². The first-order valence-electron chi connectivity index (χ1n) is 7.43. The van der Waals surface area contributed by atoms with E-state index in [2.05, 4.69) is 15.2 Å². The Bertz CT molecular complexity index is 716. The van der Waals surface area contributed by atoms with Crippen LogP contribution in [-0.2, 0) is 16.1 Å². The highest BCUT2D eigenvalue weighted by Gasteiger charge is 2.53. The van der Waals surface area contributed by atoms with Gasteiger partial charge in [0.2, 0.25) is 0 Å². The van der Waals surface area contributed by atoms with E-state index < -0.39 is 11.4 Å². The van der Waals surface area contributed by atoms with E-state index in [1.807, 2.05) is 18.2 Å². The molecule has 2 aliphatic heterocycles. The molecule has 0 aliphatic carbocycles. The number of benzene rings is 1. The van der Waals surface area contributed by atoms with E-state index >= 15 is 0 Å². The van der Waals surface area contributed by atoms with Gasteiger partial charge in [-0.25, -0.2) is 4.63 Å². The second-order valence-corrected chi connectivity index (χ2v) is 6.20. The van der Waals surface area contributed by atoms with Crippen LogP contribution in [0.5, 0.6) is 0 Å². The molecule has 116 valence electrons. The maximum Gasteiger partial charge on any atom is 0.311 e. The number of likely N-dealkylation sites (tertiary alicyclic amines) is 1. The number of ether oxygens (including phenoxy) is 1. The van der Waals surface area contributed by atoms with Gasteiger partial charge in [0.25, 0.3) is 0 Å². The van der Waals surface area contributed by atoms with E-state index in [0.29, 0.717) is 32.7 Å². The highest BCUT2D eigenvalue weighted by molar-refractivity contribution is 5.77. The van der Waals surface area contributed by atoms with E-state index in [4.69, 9.17) is 9.37 Å². The van der Waals surface area contributed by atoms with Crippen molar-refractivity contribution in [1.29, 1.82) is 0 Å². The number of carboxylic acid groups (broad SMARTS) is 1. The molecular weight excluding hydrogens is 286 g/mol. The Labute approximate surface area is 126 Å². The van der Waals surface area contributed by atoms with Crippen LogP contribution >= 0.6 is 0 Å². The second-order valence-electron chi connectivity index (χ2n) is 6.20. The molecule has 0 unspecified atom stereocenters. The number of carboxylic acids is 1. The predicted molar refractivity (Wildman–Crippen MR) is 76.1 cm³/mol.